The van der Waals surface area contributed by atoms with Gasteiger partial charge in [0.2, 0.25) is 11.8 Å². The highest BCUT2D eigenvalue weighted by Gasteiger charge is 2.37. The number of nitrogens with zero attached hydrogens (tertiary/aromatic N) is 5. The van der Waals surface area contributed by atoms with Crippen molar-refractivity contribution in [2.45, 2.75) is 44.4 Å². The molecule has 39 heavy (non-hydrogen) atoms. The van der Waals surface area contributed by atoms with Gasteiger partial charge in [0.25, 0.3) is 0 Å². The summed E-state index contributed by atoms with van der Waals surface area (Å²) in [5.74, 6) is 1.06. The normalized spacial score (nSPS) is 22.7. The highest BCUT2D eigenvalue weighted by atomic mass is 35.5. The number of carbonyl (C=O) groups is 2. The second kappa shape index (κ2) is 11.4. The second-order valence-electron chi connectivity index (χ2n) is 10.6. The molecule has 2 saturated heterocycles. The standard InChI is InChI=1S/C15H20ClN3O3.C11H12ClN3O2/c1-15(2,21)9-19-13(20)6-11-8-22-4-3-18(11)12-5-10(16)7-17-14(12)19;12-7-3-9-11(13-5-7)14-10(16)4-8-6-17-2-1-15(8)9/h5,7,11,21H,3-4,6,8-9H2,1-2H3;3,5,8H,1-2,4,6H2,(H,13,14,16)/t11-;8-/m11/s1. The van der Waals surface area contributed by atoms with Gasteiger partial charge in [0.05, 0.1) is 72.1 Å². The Hall–Kier alpha value is -2.70. The molecule has 2 aromatic rings. The van der Waals surface area contributed by atoms with Crippen LogP contribution < -0.4 is 20.0 Å². The van der Waals surface area contributed by atoms with Gasteiger partial charge in [0.15, 0.2) is 11.6 Å². The summed E-state index contributed by atoms with van der Waals surface area (Å²) in [6, 6.07) is 3.73. The first-order valence-electron chi connectivity index (χ1n) is 12.9. The van der Waals surface area contributed by atoms with Crippen molar-refractivity contribution >= 4 is 58.0 Å². The van der Waals surface area contributed by atoms with Crippen LogP contribution in [0.25, 0.3) is 0 Å². The van der Waals surface area contributed by atoms with Gasteiger partial charge in [-0.15, -0.1) is 0 Å². The van der Waals surface area contributed by atoms with Crippen LogP contribution >= 0.6 is 23.2 Å². The molecule has 0 bridgehead atoms. The van der Waals surface area contributed by atoms with Crippen LogP contribution in [0.15, 0.2) is 24.5 Å². The fourth-order valence-electron chi connectivity index (χ4n) is 5.24. The van der Waals surface area contributed by atoms with Gasteiger partial charge in [-0.3, -0.25) is 14.5 Å². The maximum atomic E-state index is 12.7. The summed E-state index contributed by atoms with van der Waals surface area (Å²) in [7, 11) is 0. The van der Waals surface area contributed by atoms with Crippen molar-refractivity contribution in [2.24, 2.45) is 0 Å². The molecule has 2 N–H and O–H groups in total. The number of morpholine rings is 2. The highest BCUT2D eigenvalue weighted by molar-refractivity contribution is 6.31. The van der Waals surface area contributed by atoms with Crippen molar-refractivity contribution in [3.05, 3.63) is 34.6 Å². The smallest absolute Gasteiger partial charge is 0.230 e. The third kappa shape index (κ3) is 6.38. The van der Waals surface area contributed by atoms with E-state index in [1.165, 1.54) is 6.20 Å². The van der Waals surface area contributed by atoms with E-state index < -0.39 is 5.60 Å². The molecule has 0 radical (unpaired) electrons. The highest BCUT2D eigenvalue weighted by Crippen LogP contribution is 2.37. The van der Waals surface area contributed by atoms with Gasteiger partial charge in [-0.2, -0.15) is 0 Å². The Bertz CT molecular complexity index is 1240. The quantitative estimate of drug-likeness (QED) is 0.554. The molecule has 0 aromatic carbocycles. The number of nitrogens with one attached hydrogen (secondary N) is 1. The first-order valence-corrected chi connectivity index (χ1v) is 13.7. The maximum Gasteiger partial charge on any atom is 0.230 e. The Labute approximate surface area is 237 Å². The fourth-order valence-corrected chi connectivity index (χ4v) is 5.55. The molecule has 0 aliphatic carbocycles. The van der Waals surface area contributed by atoms with E-state index in [4.69, 9.17) is 32.7 Å². The van der Waals surface area contributed by atoms with Crippen molar-refractivity contribution in [2.75, 3.05) is 66.1 Å². The van der Waals surface area contributed by atoms with Crippen LogP contribution in [0, 0.1) is 0 Å². The van der Waals surface area contributed by atoms with Crippen LogP contribution in [-0.4, -0.2) is 90.6 Å². The molecule has 2 fully saturated rings. The van der Waals surface area contributed by atoms with Crippen molar-refractivity contribution in [3.63, 3.8) is 0 Å². The lowest BCUT2D eigenvalue weighted by Gasteiger charge is -2.35. The third-order valence-corrected chi connectivity index (χ3v) is 7.33. The average Bonchev–Trinajstić information content (AvgIpc) is 3.09. The van der Waals surface area contributed by atoms with Crippen LogP contribution in [0.2, 0.25) is 10.0 Å². The molecule has 2 atom stereocenters. The van der Waals surface area contributed by atoms with Crippen molar-refractivity contribution in [1.82, 2.24) is 9.97 Å². The zero-order chi connectivity index (χ0) is 27.7. The second-order valence-corrected chi connectivity index (χ2v) is 11.5. The molecule has 0 spiro atoms. The average molecular weight is 579 g/mol. The molecule has 4 aliphatic rings. The minimum Gasteiger partial charge on any atom is -0.389 e. The van der Waals surface area contributed by atoms with Crippen molar-refractivity contribution in [3.8, 4) is 0 Å². The van der Waals surface area contributed by atoms with E-state index in [2.05, 4.69) is 25.1 Å². The summed E-state index contributed by atoms with van der Waals surface area (Å²) < 4.78 is 10.9. The molecule has 11 nitrogen and oxygen atoms in total. The van der Waals surface area contributed by atoms with E-state index >= 15 is 0 Å². The lowest BCUT2D eigenvalue weighted by Crippen LogP contribution is -2.46. The Morgan fingerprint density at radius 3 is 2.23 bits per heavy atom. The Kier molecular flexibility index (Phi) is 8.16. The number of pyridine rings is 2. The summed E-state index contributed by atoms with van der Waals surface area (Å²) in [5, 5.41) is 14.0. The number of halogens is 2. The number of β-amino-alcohol motifs (C(OH)–C–C–N with tert-alkyl or cyclic N) is 1. The van der Waals surface area contributed by atoms with Crippen LogP contribution in [0.1, 0.15) is 26.7 Å². The Morgan fingerprint density at radius 1 is 0.974 bits per heavy atom. The van der Waals surface area contributed by atoms with Crippen molar-refractivity contribution < 1.29 is 24.2 Å². The third-order valence-electron chi connectivity index (χ3n) is 6.91. The lowest BCUT2D eigenvalue weighted by molar-refractivity contribution is -0.120. The minimum absolute atomic E-state index is 0.0212. The fraction of sp³-hybridized carbons (Fsp3) is 0.538. The van der Waals surface area contributed by atoms with Gasteiger partial charge >= 0.3 is 0 Å². The Balaban J connectivity index is 0.000000163. The van der Waals surface area contributed by atoms with Gasteiger partial charge < -0.3 is 29.7 Å². The lowest BCUT2D eigenvalue weighted by atomic mass is 10.1. The van der Waals surface area contributed by atoms with Crippen LogP contribution in [-0.2, 0) is 19.1 Å². The van der Waals surface area contributed by atoms with Gasteiger partial charge in [-0.05, 0) is 26.0 Å². The number of aliphatic hydroxyl groups is 1. The van der Waals surface area contributed by atoms with Crippen LogP contribution in [0.4, 0.5) is 23.0 Å². The zero-order valence-corrected chi connectivity index (χ0v) is 23.4. The summed E-state index contributed by atoms with van der Waals surface area (Å²) in [5.41, 5.74) is 0.711. The van der Waals surface area contributed by atoms with E-state index in [1.54, 1.807) is 24.9 Å². The number of hydrogen-bond acceptors (Lipinski definition) is 9. The molecule has 0 unspecified atom stereocenters. The van der Waals surface area contributed by atoms with Crippen LogP contribution in [0.5, 0.6) is 0 Å². The van der Waals surface area contributed by atoms with Gasteiger partial charge in [0.1, 0.15) is 0 Å². The monoisotopic (exact) mass is 578 g/mol. The molecule has 6 heterocycles. The number of fused-ring (bicyclic) bond motifs is 6. The summed E-state index contributed by atoms with van der Waals surface area (Å²) in [6.45, 7) is 7.35. The number of rotatable bonds is 2. The van der Waals surface area contributed by atoms with Gasteiger partial charge in [-0.25, -0.2) is 9.97 Å². The van der Waals surface area contributed by atoms with E-state index in [9.17, 15) is 14.7 Å². The molecule has 210 valence electrons. The number of aromatic nitrogens is 2. The molecule has 13 heteroatoms. The van der Waals surface area contributed by atoms with E-state index in [1.807, 2.05) is 12.1 Å². The predicted octanol–water partition coefficient (Wildman–Crippen LogP) is 2.73. The number of amides is 2. The number of hydrogen-bond donors (Lipinski definition) is 2. The topological polar surface area (TPSA) is 120 Å². The molecular formula is C26H32Cl2N6O5. The zero-order valence-electron chi connectivity index (χ0n) is 21.9. The van der Waals surface area contributed by atoms with Crippen LogP contribution in [0.3, 0.4) is 0 Å². The van der Waals surface area contributed by atoms with E-state index in [0.29, 0.717) is 67.5 Å². The van der Waals surface area contributed by atoms with E-state index in [-0.39, 0.29) is 30.4 Å². The van der Waals surface area contributed by atoms with E-state index in [0.717, 1.165) is 17.9 Å². The SMILES string of the molecule is CC(C)(O)CN1C(=O)C[C@@H]2COCCN2c2cc(Cl)cnc21.O=C1C[C@@H]2COCCN2c2cc(Cl)cnc2N1. The molecule has 2 amide bonds. The van der Waals surface area contributed by atoms with Gasteiger partial charge in [0, 0.05) is 38.3 Å². The number of anilines is 4. The molecular weight excluding hydrogens is 547 g/mol. The van der Waals surface area contributed by atoms with Crippen molar-refractivity contribution in [1.29, 1.82) is 0 Å². The summed E-state index contributed by atoms with van der Waals surface area (Å²) in [4.78, 5) is 38.8. The van der Waals surface area contributed by atoms with Gasteiger partial charge in [-0.1, -0.05) is 23.2 Å². The molecule has 4 aliphatic heterocycles. The maximum absolute atomic E-state index is 12.7. The summed E-state index contributed by atoms with van der Waals surface area (Å²) >= 11 is 12.1. The Morgan fingerprint density at radius 2 is 1.56 bits per heavy atom. The minimum atomic E-state index is -1.00. The largest absolute Gasteiger partial charge is 0.389 e. The number of carbonyl (C=O) groups excluding carboxylic acids is 2. The predicted molar refractivity (Wildman–Crippen MR) is 149 cm³/mol. The molecule has 6 rings (SSSR count). The first kappa shape index (κ1) is 27.9. The first-order chi connectivity index (χ1) is 18.6. The molecule has 0 saturated carbocycles. The molecule has 2 aromatic heterocycles. The number of ether oxygens (including phenoxy) is 2. The summed E-state index contributed by atoms with van der Waals surface area (Å²) in [6.07, 6.45) is 3.84.